The van der Waals surface area contributed by atoms with Gasteiger partial charge in [0.15, 0.2) is 0 Å². The Morgan fingerprint density at radius 1 is 1.27 bits per heavy atom. The Hall–Kier alpha value is -1.82. The lowest BCUT2D eigenvalue weighted by atomic mass is 9.81. The molecule has 0 spiro atoms. The zero-order valence-corrected chi connectivity index (χ0v) is 14.0. The number of hydrogen-bond acceptors (Lipinski definition) is 5. The molecule has 22 heavy (non-hydrogen) atoms. The fourth-order valence-corrected chi connectivity index (χ4v) is 3.76. The smallest absolute Gasteiger partial charge is 0.257 e. The number of aryl methyl sites for hydroxylation is 2. The lowest BCUT2D eigenvalue weighted by Crippen LogP contribution is -2.44. The molecule has 0 atom stereocenters. The molecule has 0 aliphatic carbocycles. The Morgan fingerprint density at radius 2 is 2.00 bits per heavy atom. The topological polar surface area (TPSA) is 59.0 Å². The van der Waals surface area contributed by atoms with Crippen LogP contribution in [0.15, 0.2) is 17.8 Å². The van der Waals surface area contributed by atoms with Crippen molar-refractivity contribution in [2.45, 2.75) is 39.0 Å². The highest BCUT2D eigenvalue weighted by molar-refractivity contribution is 7.09. The number of aromatic nitrogens is 3. The van der Waals surface area contributed by atoms with E-state index in [0.29, 0.717) is 11.4 Å². The molecule has 0 saturated carbocycles. The van der Waals surface area contributed by atoms with Crippen molar-refractivity contribution in [3.05, 3.63) is 39.9 Å². The Balaban J connectivity index is 1.72. The zero-order chi connectivity index (χ0) is 15.7. The molecule has 1 amide bonds. The van der Waals surface area contributed by atoms with Gasteiger partial charge < -0.3 is 4.90 Å². The highest BCUT2D eigenvalue weighted by atomic mass is 32.1. The minimum atomic E-state index is 0.0405. The van der Waals surface area contributed by atoms with Crippen molar-refractivity contribution in [3.8, 4) is 0 Å². The van der Waals surface area contributed by atoms with Gasteiger partial charge in [0, 0.05) is 36.3 Å². The molecule has 2 aromatic heterocycles. The van der Waals surface area contributed by atoms with Gasteiger partial charge in [0.05, 0.1) is 16.3 Å². The Kier molecular flexibility index (Phi) is 3.95. The summed E-state index contributed by atoms with van der Waals surface area (Å²) in [5.74, 6) is 0.739. The molecule has 0 N–H and O–H groups in total. The van der Waals surface area contributed by atoms with Crippen LogP contribution in [-0.2, 0) is 5.41 Å². The molecule has 5 nitrogen and oxygen atoms in total. The summed E-state index contributed by atoms with van der Waals surface area (Å²) in [7, 11) is 0. The largest absolute Gasteiger partial charge is 0.338 e. The van der Waals surface area contributed by atoms with Gasteiger partial charge >= 0.3 is 0 Å². The summed E-state index contributed by atoms with van der Waals surface area (Å²) in [4.78, 5) is 27.5. The Morgan fingerprint density at radius 3 is 2.59 bits per heavy atom. The predicted molar refractivity (Wildman–Crippen MR) is 86.1 cm³/mol. The number of piperidine rings is 1. The fraction of sp³-hybridized carbons (Fsp3) is 0.500. The zero-order valence-electron chi connectivity index (χ0n) is 13.2. The van der Waals surface area contributed by atoms with Gasteiger partial charge in [-0.2, -0.15) is 0 Å². The molecule has 0 aromatic carbocycles. The van der Waals surface area contributed by atoms with E-state index in [4.69, 9.17) is 0 Å². The first-order chi connectivity index (χ1) is 10.5. The molecule has 1 aliphatic rings. The summed E-state index contributed by atoms with van der Waals surface area (Å²) in [6.45, 7) is 7.45. The van der Waals surface area contributed by atoms with E-state index in [1.54, 1.807) is 17.5 Å². The summed E-state index contributed by atoms with van der Waals surface area (Å²) in [5.41, 5.74) is 1.46. The van der Waals surface area contributed by atoms with Gasteiger partial charge in [0.25, 0.3) is 5.91 Å². The number of rotatable bonds is 2. The average Bonchev–Trinajstić information content (AvgIpc) is 3.02. The van der Waals surface area contributed by atoms with E-state index >= 15 is 0 Å². The second-order valence-electron chi connectivity index (χ2n) is 6.11. The van der Waals surface area contributed by atoms with Crippen LogP contribution in [0.3, 0.4) is 0 Å². The van der Waals surface area contributed by atoms with E-state index in [0.717, 1.165) is 31.6 Å². The van der Waals surface area contributed by atoms with Crippen LogP contribution in [-0.4, -0.2) is 38.8 Å². The number of amides is 1. The van der Waals surface area contributed by atoms with Crippen molar-refractivity contribution in [1.29, 1.82) is 0 Å². The van der Waals surface area contributed by atoms with Crippen LogP contribution in [0.2, 0.25) is 0 Å². The number of nitrogens with zero attached hydrogens (tertiary/aromatic N) is 4. The van der Waals surface area contributed by atoms with Gasteiger partial charge in [-0.3, -0.25) is 4.79 Å². The number of hydrogen-bond donors (Lipinski definition) is 0. The summed E-state index contributed by atoms with van der Waals surface area (Å²) in [5, 5.41) is 3.19. The third kappa shape index (κ3) is 2.75. The molecule has 2 aromatic rings. The molecular formula is C16H20N4OS. The van der Waals surface area contributed by atoms with Crippen LogP contribution in [0, 0.1) is 13.8 Å². The highest BCUT2D eigenvalue weighted by Gasteiger charge is 2.35. The second kappa shape index (κ2) is 5.76. The molecule has 3 heterocycles. The summed E-state index contributed by atoms with van der Waals surface area (Å²) >= 11 is 1.70. The van der Waals surface area contributed by atoms with Gasteiger partial charge in [-0.25, -0.2) is 15.0 Å². The minimum absolute atomic E-state index is 0.0405. The van der Waals surface area contributed by atoms with Crippen LogP contribution < -0.4 is 0 Å². The van der Waals surface area contributed by atoms with Gasteiger partial charge in [0.2, 0.25) is 0 Å². The number of carbonyl (C=O) groups excluding carboxylic acids is 1. The van der Waals surface area contributed by atoms with E-state index in [9.17, 15) is 4.79 Å². The molecule has 0 unspecified atom stereocenters. The van der Waals surface area contributed by atoms with Crippen LogP contribution in [0.4, 0.5) is 0 Å². The third-order valence-corrected chi connectivity index (χ3v) is 5.51. The van der Waals surface area contributed by atoms with Gasteiger partial charge in [-0.1, -0.05) is 6.92 Å². The van der Waals surface area contributed by atoms with E-state index in [-0.39, 0.29) is 11.3 Å². The van der Waals surface area contributed by atoms with E-state index < -0.39 is 0 Å². The van der Waals surface area contributed by atoms with Crippen molar-refractivity contribution < 1.29 is 4.79 Å². The molecule has 6 heteroatoms. The Bertz CT molecular complexity index is 675. The van der Waals surface area contributed by atoms with Crippen molar-refractivity contribution >= 4 is 17.2 Å². The molecular weight excluding hydrogens is 296 g/mol. The third-order valence-electron chi connectivity index (χ3n) is 4.43. The average molecular weight is 316 g/mol. The summed E-state index contributed by atoms with van der Waals surface area (Å²) in [6.07, 6.45) is 5.39. The maximum atomic E-state index is 12.7. The van der Waals surface area contributed by atoms with Crippen LogP contribution in [0.5, 0.6) is 0 Å². The monoisotopic (exact) mass is 316 g/mol. The maximum absolute atomic E-state index is 12.7. The van der Waals surface area contributed by atoms with Gasteiger partial charge in [-0.15, -0.1) is 11.3 Å². The molecule has 116 valence electrons. The van der Waals surface area contributed by atoms with Crippen LogP contribution >= 0.6 is 11.3 Å². The second-order valence-corrected chi connectivity index (χ2v) is 7.00. The van der Waals surface area contributed by atoms with Gasteiger partial charge in [0.1, 0.15) is 5.82 Å². The first kappa shape index (κ1) is 15.1. The molecule has 1 saturated heterocycles. The van der Waals surface area contributed by atoms with Crippen molar-refractivity contribution in [2.24, 2.45) is 0 Å². The molecule has 1 fully saturated rings. The number of likely N-dealkylation sites (tertiary alicyclic amines) is 1. The summed E-state index contributed by atoms with van der Waals surface area (Å²) in [6, 6.07) is 0. The molecule has 0 radical (unpaired) electrons. The first-order valence-electron chi connectivity index (χ1n) is 7.49. The number of carbonyl (C=O) groups is 1. The van der Waals surface area contributed by atoms with E-state index in [2.05, 4.69) is 21.9 Å². The standard InChI is InChI=1S/C16H20N4OS/c1-11-13(10-18-12(2)19-11)14(21)20-7-4-16(3,5-8-20)15-17-6-9-22-15/h6,9-10H,4-5,7-8H2,1-3H3. The molecule has 3 rings (SSSR count). The van der Waals surface area contributed by atoms with Crippen molar-refractivity contribution in [1.82, 2.24) is 19.9 Å². The normalized spacial score (nSPS) is 17.5. The fourth-order valence-electron chi connectivity index (χ4n) is 2.90. The maximum Gasteiger partial charge on any atom is 0.257 e. The van der Waals surface area contributed by atoms with Crippen LogP contribution in [0.25, 0.3) is 0 Å². The SMILES string of the molecule is Cc1ncc(C(=O)N2CCC(C)(c3nccs3)CC2)c(C)n1. The Labute approximate surface area is 134 Å². The summed E-state index contributed by atoms with van der Waals surface area (Å²) < 4.78 is 0. The van der Waals surface area contributed by atoms with Gasteiger partial charge in [-0.05, 0) is 26.7 Å². The van der Waals surface area contributed by atoms with E-state index in [1.165, 1.54) is 5.01 Å². The lowest BCUT2D eigenvalue weighted by Gasteiger charge is -2.38. The number of thiazole rings is 1. The first-order valence-corrected chi connectivity index (χ1v) is 8.37. The minimum Gasteiger partial charge on any atom is -0.338 e. The van der Waals surface area contributed by atoms with Crippen molar-refractivity contribution in [2.75, 3.05) is 13.1 Å². The van der Waals surface area contributed by atoms with Crippen molar-refractivity contribution in [3.63, 3.8) is 0 Å². The van der Waals surface area contributed by atoms with Crippen LogP contribution in [0.1, 0.15) is 46.6 Å². The van der Waals surface area contributed by atoms with E-state index in [1.807, 2.05) is 30.3 Å². The highest BCUT2D eigenvalue weighted by Crippen LogP contribution is 2.36. The quantitative estimate of drug-likeness (QED) is 0.855. The lowest BCUT2D eigenvalue weighted by molar-refractivity contribution is 0.0674. The predicted octanol–water partition coefficient (Wildman–Crippen LogP) is 2.74. The molecule has 1 aliphatic heterocycles. The molecule has 0 bridgehead atoms.